The van der Waals surface area contributed by atoms with Crippen LogP contribution in [-0.4, -0.2) is 77.1 Å². The van der Waals surface area contributed by atoms with Crippen molar-refractivity contribution in [2.75, 3.05) is 39.4 Å². The van der Waals surface area contributed by atoms with Gasteiger partial charge in [0.1, 0.15) is 5.82 Å². The van der Waals surface area contributed by atoms with Gasteiger partial charge in [-0.05, 0) is 19.1 Å². The highest BCUT2D eigenvalue weighted by Crippen LogP contribution is 2.08. The number of carbonyl (C=O) groups is 3. The standard InChI is InChI=1S/C20H24N4O6/c1-2-29-20(28)24-11-9-23(10-12-24)17(25)13-30-18(26)8-7-16-21-15-6-4-3-5-14(15)19(27)22-16/h3-6H,2,7-13H2,1H3,(H,21,22,27). The third-order valence-corrected chi connectivity index (χ3v) is 4.74. The Balaban J connectivity index is 1.42. The van der Waals surface area contributed by atoms with E-state index in [1.54, 1.807) is 36.1 Å². The number of aromatic amines is 1. The largest absolute Gasteiger partial charge is 0.456 e. The number of ether oxygens (including phenoxy) is 2. The third-order valence-electron chi connectivity index (χ3n) is 4.74. The summed E-state index contributed by atoms with van der Waals surface area (Å²) in [7, 11) is 0. The molecule has 2 amide bonds. The van der Waals surface area contributed by atoms with Crippen LogP contribution in [0.25, 0.3) is 10.9 Å². The highest BCUT2D eigenvalue weighted by molar-refractivity contribution is 5.81. The lowest BCUT2D eigenvalue weighted by Gasteiger charge is -2.33. The zero-order valence-electron chi connectivity index (χ0n) is 16.8. The molecule has 1 aliphatic heterocycles. The molecule has 1 fully saturated rings. The zero-order valence-corrected chi connectivity index (χ0v) is 16.8. The van der Waals surface area contributed by atoms with Gasteiger partial charge in [-0.25, -0.2) is 9.78 Å². The fourth-order valence-electron chi connectivity index (χ4n) is 3.13. The number of aryl methyl sites for hydroxylation is 1. The summed E-state index contributed by atoms with van der Waals surface area (Å²) in [5.41, 5.74) is 0.294. The van der Waals surface area contributed by atoms with Crippen LogP contribution in [0.2, 0.25) is 0 Å². The van der Waals surface area contributed by atoms with E-state index in [4.69, 9.17) is 9.47 Å². The highest BCUT2D eigenvalue weighted by atomic mass is 16.6. The fourth-order valence-corrected chi connectivity index (χ4v) is 3.13. The number of amides is 2. The Morgan fingerprint density at radius 1 is 1.07 bits per heavy atom. The van der Waals surface area contributed by atoms with Crippen LogP contribution in [0.1, 0.15) is 19.2 Å². The monoisotopic (exact) mass is 416 g/mol. The lowest BCUT2D eigenvalue weighted by molar-refractivity contribution is -0.152. The van der Waals surface area contributed by atoms with Crippen LogP contribution < -0.4 is 5.56 Å². The number of rotatable bonds is 6. The minimum absolute atomic E-state index is 0.00873. The van der Waals surface area contributed by atoms with Crippen molar-refractivity contribution in [3.8, 4) is 0 Å². The zero-order chi connectivity index (χ0) is 21.5. The molecule has 0 saturated carbocycles. The molecule has 0 spiro atoms. The van der Waals surface area contributed by atoms with Crippen molar-refractivity contribution in [3.05, 3.63) is 40.4 Å². The second-order valence-electron chi connectivity index (χ2n) is 6.76. The van der Waals surface area contributed by atoms with Gasteiger partial charge in [0.15, 0.2) is 6.61 Å². The molecular weight excluding hydrogens is 392 g/mol. The molecule has 1 saturated heterocycles. The minimum atomic E-state index is -0.552. The molecule has 10 heteroatoms. The van der Waals surface area contributed by atoms with Crippen LogP contribution in [0.4, 0.5) is 4.79 Å². The molecule has 2 aromatic rings. The maximum atomic E-state index is 12.2. The molecule has 10 nitrogen and oxygen atoms in total. The van der Waals surface area contributed by atoms with Gasteiger partial charge < -0.3 is 24.3 Å². The van der Waals surface area contributed by atoms with Crippen LogP contribution in [0.15, 0.2) is 29.1 Å². The van der Waals surface area contributed by atoms with Gasteiger partial charge in [-0.15, -0.1) is 0 Å². The molecule has 3 rings (SSSR count). The summed E-state index contributed by atoms with van der Waals surface area (Å²) < 4.78 is 9.99. The summed E-state index contributed by atoms with van der Waals surface area (Å²) in [6.45, 7) is 3.14. The Kier molecular flexibility index (Phi) is 6.99. The van der Waals surface area contributed by atoms with Gasteiger partial charge in [-0.2, -0.15) is 0 Å². The van der Waals surface area contributed by atoms with Crippen molar-refractivity contribution in [1.82, 2.24) is 19.8 Å². The van der Waals surface area contributed by atoms with Crippen LogP contribution in [-0.2, 0) is 25.5 Å². The van der Waals surface area contributed by atoms with Crippen LogP contribution in [0.3, 0.4) is 0 Å². The molecule has 2 heterocycles. The molecule has 30 heavy (non-hydrogen) atoms. The van der Waals surface area contributed by atoms with E-state index >= 15 is 0 Å². The van der Waals surface area contributed by atoms with E-state index < -0.39 is 12.1 Å². The van der Waals surface area contributed by atoms with E-state index in [0.717, 1.165) is 0 Å². The smallest absolute Gasteiger partial charge is 0.409 e. The number of aromatic nitrogens is 2. The Morgan fingerprint density at radius 2 is 1.77 bits per heavy atom. The molecule has 0 unspecified atom stereocenters. The SMILES string of the molecule is CCOC(=O)N1CCN(C(=O)COC(=O)CCc2nc3ccccc3c(=O)[nH]2)CC1. The summed E-state index contributed by atoms with van der Waals surface area (Å²) >= 11 is 0. The van der Waals surface area contributed by atoms with E-state index in [1.165, 1.54) is 4.90 Å². The average Bonchev–Trinajstić information content (AvgIpc) is 2.76. The highest BCUT2D eigenvalue weighted by Gasteiger charge is 2.25. The quantitative estimate of drug-likeness (QED) is 0.688. The second kappa shape index (κ2) is 9.86. The lowest BCUT2D eigenvalue weighted by atomic mass is 10.2. The average molecular weight is 416 g/mol. The van der Waals surface area contributed by atoms with E-state index in [9.17, 15) is 19.2 Å². The molecule has 0 bridgehead atoms. The van der Waals surface area contributed by atoms with E-state index in [2.05, 4.69) is 9.97 Å². The number of para-hydroxylation sites is 1. The first-order chi connectivity index (χ1) is 14.5. The van der Waals surface area contributed by atoms with Crippen molar-refractivity contribution in [1.29, 1.82) is 0 Å². The van der Waals surface area contributed by atoms with Gasteiger partial charge in [0.05, 0.1) is 23.9 Å². The predicted octanol–water partition coefficient (Wildman–Crippen LogP) is 0.700. The minimum Gasteiger partial charge on any atom is -0.456 e. The summed E-state index contributed by atoms with van der Waals surface area (Å²) in [6, 6.07) is 6.94. The molecule has 1 aromatic heterocycles. The maximum Gasteiger partial charge on any atom is 0.409 e. The predicted molar refractivity (Wildman–Crippen MR) is 107 cm³/mol. The third kappa shape index (κ3) is 5.34. The number of fused-ring (bicyclic) bond motifs is 1. The van der Waals surface area contributed by atoms with Crippen molar-refractivity contribution in [2.24, 2.45) is 0 Å². The number of hydrogen-bond donors (Lipinski definition) is 1. The summed E-state index contributed by atoms with van der Waals surface area (Å²) in [5.74, 6) is -0.481. The first kappa shape index (κ1) is 21.3. The molecule has 0 radical (unpaired) electrons. The number of esters is 1. The topological polar surface area (TPSA) is 122 Å². The van der Waals surface area contributed by atoms with Crippen molar-refractivity contribution in [3.63, 3.8) is 0 Å². The maximum absolute atomic E-state index is 12.2. The number of nitrogens with zero attached hydrogens (tertiary/aromatic N) is 3. The first-order valence-corrected chi connectivity index (χ1v) is 9.81. The molecule has 1 aliphatic rings. The number of H-pyrrole nitrogens is 1. The Morgan fingerprint density at radius 3 is 2.50 bits per heavy atom. The van der Waals surface area contributed by atoms with Crippen molar-refractivity contribution < 1.29 is 23.9 Å². The molecular formula is C20H24N4O6. The number of hydrogen-bond acceptors (Lipinski definition) is 7. The van der Waals surface area contributed by atoms with E-state index in [-0.39, 0.29) is 30.9 Å². The number of carbonyl (C=O) groups excluding carboxylic acids is 3. The van der Waals surface area contributed by atoms with Crippen LogP contribution in [0.5, 0.6) is 0 Å². The van der Waals surface area contributed by atoms with E-state index in [0.29, 0.717) is 49.5 Å². The Bertz CT molecular complexity index is 981. The second-order valence-corrected chi connectivity index (χ2v) is 6.76. The molecule has 160 valence electrons. The fraction of sp³-hybridized carbons (Fsp3) is 0.450. The van der Waals surface area contributed by atoms with Crippen LogP contribution >= 0.6 is 0 Å². The van der Waals surface area contributed by atoms with Gasteiger partial charge in [-0.3, -0.25) is 14.4 Å². The van der Waals surface area contributed by atoms with Crippen molar-refractivity contribution >= 4 is 28.9 Å². The Hall–Kier alpha value is -3.43. The van der Waals surface area contributed by atoms with E-state index in [1.807, 2.05) is 0 Å². The Labute approximate surface area is 172 Å². The van der Waals surface area contributed by atoms with Gasteiger partial charge in [-0.1, -0.05) is 12.1 Å². The molecule has 0 aliphatic carbocycles. The van der Waals surface area contributed by atoms with Gasteiger partial charge in [0, 0.05) is 32.6 Å². The molecule has 0 atom stereocenters. The van der Waals surface area contributed by atoms with Gasteiger partial charge >= 0.3 is 12.1 Å². The van der Waals surface area contributed by atoms with Gasteiger partial charge in [0.25, 0.3) is 11.5 Å². The summed E-state index contributed by atoms with van der Waals surface area (Å²) in [6.07, 6.45) is -0.201. The normalized spacial score (nSPS) is 13.9. The number of piperazine rings is 1. The molecule has 1 N–H and O–H groups in total. The summed E-state index contributed by atoms with van der Waals surface area (Å²) in [5, 5.41) is 0.484. The summed E-state index contributed by atoms with van der Waals surface area (Å²) in [4.78, 5) is 58.0. The van der Waals surface area contributed by atoms with Crippen molar-refractivity contribution in [2.45, 2.75) is 19.8 Å². The van der Waals surface area contributed by atoms with Crippen LogP contribution in [0, 0.1) is 0 Å². The first-order valence-electron chi connectivity index (χ1n) is 9.81. The number of benzene rings is 1. The molecule has 1 aromatic carbocycles. The lowest BCUT2D eigenvalue weighted by Crippen LogP contribution is -2.51. The van der Waals surface area contributed by atoms with Gasteiger partial charge in [0.2, 0.25) is 0 Å². The number of nitrogens with one attached hydrogen (secondary N) is 1.